The Bertz CT molecular complexity index is 668. The molecule has 0 radical (unpaired) electrons. The molecular weight excluding hydrogens is 330 g/mol. The minimum Gasteiger partial charge on any atom is -0.481 e. The lowest BCUT2D eigenvalue weighted by molar-refractivity contribution is -0.154. The first kappa shape index (κ1) is 17.2. The third kappa shape index (κ3) is 3.60. The summed E-state index contributed by atoms with van der Waals surface area (Å²) in [6, 6.07) is 4.57. The topological polar surface area (TPSA) is 92.7 Å². The van der Waals surface area contributed by atoms with E-state index in [0.717, 1.165) is 0 Å². The molecule has 6 nitrogen and oxygen atoms in total. The molecule has 22 heavy (non-hydrogen) atoms. The number of carboxylic acid groups (broad SMARTS) is 1. The highest BCUT2D eigenvalue weighted by Gasteiger charge is 2.41. The first-order valence-corrected chi connectivity index (χ1v) is 8.70. The van der Waals surface area contributed by atoms with E-state index in [4.69, 9.17) is 16.3 Å². The van der Waals surface area contributed by atoms with E-state index in [9.17, 15) is 18.3 Å². The molecule has 1 aliphatic rings. The van der Waals surface area contributed by atoms with Crippen LogP contribution in [0, 0.1) is 12.3 Å². The largest absolute Gasteiger partial charge is 0.481 e. The fraction of sp³-hybridized carbons (Fsp3) is 0.500. The number of nitrogens with one attached hydrogen (secondary N) is 1. The van der Waals surface area contributed by atoms with Crippen molar-refractivity contribution in [2.45, 2.75) is 24.7 Å². The normalized spacial score (nSPS) is 18.1. The maximum atomic E-state index is 12.4. The Morgan fingerprint density at radius 3 is 2.64 bits per heavy atom. The van der Waals surface area contributed by atoms with Crippen LogP contribution in [0.5, 0.6) is 0 Å². The van der Waals surface area contributed by atoms with Crippen molar-refractivity contribution >= 4 is 27.6 Å². The lowest BCUT2D eigenvalue weighted by Gasteiger charge is -2.33. The first-order chi connectivity index (χ1) is 10.3. The van der Waals surface area contributed by atoms with Crippen LogP contribution in [0.2, 0.25) is 5.02 Å². The Labute approximate surface area is 134 Å². The summed E-state index contributed by atoms with van der Waals surface area (Å²) in [5.41, 5.74) is -0.578. The van der Waals surface area contributed by atoms with E-state index in [1.54, 1.807) is 19.1 Å². The molecule has 1 aromatic carbocycles. The van der Waals surface area contributed by atoms with Crippen molar-refractivity contribution in [2.75, 3.05) is 19.8 Å². The Morgan fingerprint density at radius 1 is 1.41 bits per heavy atom. The molecule has 0 saturated carbocycles. The molecule has 1 heterocycles. The third-order valence-corrected chi connectivity index (χ3v) is 5.72. The molecule has 1 saturated heterocycles. The number of aliphatic carboxylic acids is 1. The highest BCUT2D eigenvalue weighted by Crippen LogP contribution is 2.31. The summed E-state index contributed by atoms with van der Waals surface area (Å²) >= 11 is 5.85. The molecule has 8 heteroatoms. The summed E-state index contributed by atoms with van der Waals surface area (Å²) in [4.78, 5) is 11.6. The number of rotatable bonds is 5. The van der Waals surface area contributed by atoms with Crippen LogP contribution in [0.15, 0.2) is 23.1 Å². The van der Waals surface area contributed by atoms with Gasteiger partial charge in [-0.25, -0.2) is 13.1 Å². The summed E-state index contributed by atoms with van der Waals surface area (Å²) in [6.45, 7) is 2.11. The number of halogens is 1. The van der Waals surface area contributed by atoms with Crippen LogP contribution < -0.4 is 4.72 Å². The highest BCUT2D eigenvalue weighted by atomic mass is 35.5. The summed E-state index contributed by atoms with van der Waals surface area (Å²) in [6.07, 6.45) is 0.554. The van der Waals surface area contributed by atoms with Crippen molar-refractivity contribution < 1.29 is 23.1 Å². The smallest absolute Gasteiger partial charge is 0.311 e. The fourth-order valence-electron chi connectivity index (χ4n) is 2.40. The van der Waals surface area contributed by atoms with Gasteiger partial charge in [-0.3, -0.25) is 4.79 Å². The van der Waals surface area contributed by atoms with Crippen LogP contribution in [-0.4, -0.2) is 39.3 Å². The standard InChI is InChI=1S/C14H18ClNO5S/c1-10-2-3-11(15)8-12(10)22(19,20)16-9-14(13(17)18)4-6-21-7-5-14/h2-3,8,16H,4-7,9H2,1H3,(H,17,18). The summed E-state index contributed by atoms with van der Waals surface area (Å²) in [5.74, 6) is -1.01. The van der Waals surface area contributed by atoms with E-state index >= 15 is 0 Å². The summed E-state index contributed by atoms with van der Waals surface area (Å²) < 4.78 is 32.4. The molecule has 2 rings (SSSR count). The molecule has 1 aromatic rings. The molecule has 2 N–H and O–H groups in total. The average molecular weight is 348 g/mol. The van der Waals surface area contributed by atoms with Gasteiger partial charge in [0, 0.05) is 24.8 Å². The van der Waals surface area contributed by atoms with Crippen LogP contribution >= 0.6 is 11.6 Å². The van der Waals surface area contributed by atoms with Crippen LogP contribution in [-0.2, 0) is 19.6 Å². The summed E-state index contributed by atoms with van der Waals surface area (Å²) in [5, 5.41) is 9.75. The van der Waals surface area contributed by atoms with E-state index in [0.29, 0.717) is 23.8 Å². The van der Waals surface area contributed by atoms with Crippen molar-refractivity contribution in [1.29, 1.82) is 0 Å². The average Bonchev–Trinajstić information content (AvgIpc) is 2.48. The Kier molecular flexibility index (Phi) is 5.11. The van der Waals surface area contributed by atoms with Gasteiger partial charge in [-0.15, -0.1) is 0 Å². The van der Waals surface area contributed by atoms with Gasteiger partial charge in [0.2, 0.25) is 10.0 Å². The van der Waals surface area contributed by atoms with Crippen LogP contribution in [0.25, 0.3) is 0 Å². The van der Waals surface area contributed by atoms with Gasteiger partial charge in [-0.2, -0.15) is 0 Å². The quantitative estimate of drug-likeness (QED) is 0.847. The van der Waals surface area contributed by atoms with Crippen molar-refractivity contribution in [3.8, 4) is 0 Å². The molecule has 122 valence electrons. The zero-order valence-electron chi connectivity index (χ0n) is 12.1. The monoisotopic (exact) mass is 347 g/mol. The second kappa shape index (κ2) is 6.54. The predicted octanol–water partition coefficient (Wildman–Crippen LogP) is 1.81. The van der Waals surface area contributed by atoms with Crippen LogP contribution in [0.1, 0.15) is 18.4 Å². The van der Waals surface area contributed by atoms with E-state index < -0.39 is 21.4 Å². The van der Waals surface area contributed by atoms with Crippen molar-refractivity contribution in [3.05, 3.63) is 28.8 Å². The second-order valence-electron chi connectivity index (χ2n) is 5.43. The van der Waals surface area contributed by atoms with Gasteiger partial charge in [0.15, 0.2) is 0 Å². The molecule has 1 fully saturated rings. The van der Waals surface area contributed by atoms with Gasteiger partial charge in [-0.1, -0.05) is 17.7 Å². The molecule has 0 unspecified atom stereocenters. The first-order valence-electron chi connectivity index (χ1n) is 6.84. The molecule has 0 aliphatic carbocycles. The van der Waals surface area contributed by atoms with E-state index in [-0.39, 0.29) is 24.3 Å². The molecule has 0 amide bonds. The van der Waals surface area contributed by atoms with E-state index in [2.05, 4.69) is 4.72 Å². The Morgan fingerprint density at radius 2 is 2.05 bits per heavy atom. The number of hydrogen-bond acceptors (Lipinski definition) is 4. The minimum atomic E-state index is -3.82. The van der Waals surface area contributed by atoms with E-state index in [1.165, 1.54) is 6.07 Å². The second-order valence-corrected chi connectivity index (χ2v) is 7.60. The number of carbonyl (C=O) groups is 1. The fourth-order valence-corrected chi connectivity index (χ4v) is 4.04. The van der Waals surface area contributed by atoms with Gasteiger partial charge in [-0.05, 0) is 37.5 Å². The Hall–Kier alpha value is -1.15. The molecule has 0 spiro atoms. The van der Waals surface area contributed by atoms with Crippen LogP contribution in [0.3, 0.4) is 0 Å². The molecule has 0 bridgehead atoms. The van der Waals surface area contributed by atoms with Crippen molar-refractivity contribution in [1.82, 2.24) is 4.72 Å². The maximum Gasteiger partial charge on any atom is 0.311 e. The van der Waals surface area contributed by atoms with Crippen LogP contribution in [0.4, 0.5) is 0 Å². The van der Waals surface area contributed by atoms with Crippen molar-refractivity contribution in [2.24, 2.45) is 5.41 Å². The van der Waals surface area contributed by atoms with Gasteiger partial charge >= 0.3 is 5.97 Å². The maximum absolute atomic E-state index is 12.4. The van der Waals surface area contributed by atoms with Gasteiger partial charge in [0.05, 0.1) is 10.3 Å². The number of benzene rings is 1. The SMILES string of the molecule is Cc1ccc(Cl)cc1S(=O)(=O)NCC1(C(=O)O)CCOCC1. The zero-order chi connectivity index (χ0) is 16.4. The third-order valence-electron chi connectivity index (χ3n) is 3.94. The number of carboxylic acids is 1. The van der Waals surface area contributed by atoms with Gasteiger partial charge < -0.3 is 9.84 Å². The lowest BCUT2D eigenvalue weighted by atomic mass is 9.80. The molecular formula is C14H18ClNO5S. The summed E-state index contributed by atoms with van der Waals surface area (Å²) in [7, 11) is -3.82. The van der Waals surface area contributed by atoms with Gasteiger partial charge in [0.25, 0.3) is 0 Å². The molecule has 0 aromatic heterocycles. The molecule has 1 aliphatic heterocycles. The lowest BCUT2D eigenvalue weighted by Crippen LogP contribution is -2.46. The zero-order valence-corrected chi connectivity index (χ0v) is 13.7. The minimum absolute atomic E-state index is 0.0626. The van der Waals surface area contributed by atoms with Crippen molar-refractivity contribution in [3.63, 3.8) is 0 Å². The number of sulfonamides is 1. The number of hydrogen-bond donors (Lipinski definition) is 2. The number of aryl methyl sites for hydroxylation is 1. The van der Waals surface area contributed by atoms with Gasteiger partial charge in [0.1, 0.15) is 0 Å². The van der Waals surface area contributed by atoms with E-state index in [1.807, 2.05) is 0 Å². The Balaban J connectivity index is 2.21. The number of ether oxygens (including phenoxy) is 1. The predicted molar refractivity (Wildman–Crippen MR) is 81.5 cm³/mol. The molecule has 0 atom stereocenters. The highest BCUT2D eigenvalue weighted by molar-refractivity contribution is 7.89.